The number of hydrogen-bond acceptors (Lipinski definition) is 4. The minimum absolute atomic E-state index is 0.249. The molecule has 0 spiro atoms. The molecular formula is C12H17ClNO4P. The van der Waals surface area contributed by atoms with E-state index in [1.807, 2.05) is 0 Å². The third kappa shape index (κ3) is 6.10. The molecule has 1 unspecified atom stereocenters. The van der Waals surface area contributed by atoms with Crippen LogP contribution in [0, 0.1) is 0 Å². The van der Waals surface area contributed by atoms with Gasteiger partial charge in [-0.05, 0) is 32.9 Å². The van der Waals surface area contributed by atoms with Gasteiger partial charge in [-0.15, -0.1) is 0 Å². The first-order valence-electron chi connectivity index (χ1n) is 5.83. The minimum Gasteiger partial charge on any atom is -0.462 e. The van der Waals surface area contributed by atoms with E-state index in [0.29, 0.717) is 5.75 Å². The van der Waals surface area contributed by atoms with Crippen LogP contribution in [0.4, 0.5) is 0 Å². The van der Waals surface area contributed by atoms with E-state index in [1.54, 1.807) is 44.2 Å². The van der Waals surface area contributed by atoms with Gasteiger partial charge in [0.1, 0.15) is 11.8 Å². The molecule has 0 bridgehead atoms. The number of ether oxygens (including phenoxy) is 1. The maximum absolute atomic E-state index is 12.0. The summed E-state index contributed by atoms with van der Waals surface area (Å²) in [6.07, 6.45) is -0.249. The smallest absolute Gasteiger partial charge is 0.409 e. The van der Waals surface area contributed by atoms with Crippen LogP contribution in [0.3, 0.4) is 0 Å². The fraction of sp³-hybridized carbons (Fsp3) is 0.417. The zero-order chi connectivity index (χ0) is 14.5. The van der Waals surface area contributed by atoms with Gasteiger partial charge in [-0.1, -0.05) is 18.2 Å². The van der Waals surface area contributed by atoms with Gasteiger partial charge in [0, 0.05) is 11.2 Å². The Balaban J connectivity index is 2.59. The summed E-state index contributed by atoms with van der Waals surface area (Å²) in [6, 6.07) is 7.66. The normalized spacial score (nSPS) is 15.6. The van der Waals surface area contributed by atoms with Crippen LogP contribution in [0.2, 0.25) is 0 Å². The molecule has 1 rings (SSSR count). The van der Waals surface area contributed by atoms with Crippen LogP contribution in [-0.2, 0) is 14.1 Å². The van der Waals surface area contributed by atoms with Crippen molar-refractivity contribution >= 4 is 24.1 Å². The van der Waals surface area contributed by atoms with E-state index in [9.17, 15) is 9.36 Å². The summed E-state index contributed by atoms with van der Waals surface area (Å²) in [5.74, 6) is -0.176. The number of carbonyl (C=O) groups excluding carboxylic acids is 1. The Morgan fingerprint density at radius 2 is 1.84 bits per heavy atom. The summed E-state index contributed by atoms with van der Waals surface area (Å²) in [5, 5.41) is 2.43. The highest BCUT2D eigenvalue weighted by atomic mass is 35.7. The number of carbonyl (C=O) groups is 1. The van der Waals surface area contributed by atoms with Crippen molar-refractivity contribution in [2.24, 2.45) is 0 Å². The summed E-state index contributed by atoms with van der Waals surface area (Å²) in [7, 11) is 0. The van der Waals surface area contributed by atoms with Gasteiger partial charge in [-0.25, -0.2) is 9.65 Å². The Kier molecular flexibility index (Phi) is 5.85. The molecule has 1 aromatic rings. The number of halogens is 1. The third-order valence-electron chi connectivity index (χ3n) is 2.02. The van der Waals surface area contributed by atoms with Crippen LogP contribution in [0.15, 0.2) is 30.3 Å². The molecule has 1 N–H and O–H groups in total. The molecule has 19 heavy (non-hydrogen) atoms. The lowest BCUT2D eigenvalue weighted by molar-refractivity contribution is -0.148. The highest BCUT2D eigenvalue weighted by Crippen LogP contribution is 2.48. The van der Waals surface area contributed by atoms with Crippen molar-refractivity contribution in [1.82, 2.24) is 5.09 Å². The summed E-state index contributed by atoms with van der Waals surface area (Å²) in [4.78, 5) is 11.6. The van der Waals surface area contributed by atoms with Gasteiger partial charge >= 0.3 is 12.8 Å². The van der Waals surface area contributed by atoms with Crippen molar-refractivity contribution in [2.75, 3.05) is 0 Å². The largest absolute Gasteiger partial charge is 0.462 e. The van der Waals surface area contributed by atoms with Crippen molar-refractivity contribution in [3.05, 3.63) is 30.3 Å². The Morgan fingerprint density at radius 1 is 1.26 bits per heavy atom. The van der Waals surface area contributed by atoms with Crippen LogP contribution in [0.1, 0.15) is 20.8 Å². The van der Waals surface area contributed by atoms with Gasteiger partial charge in [-0.3, -0.25) is 4.79 Å². The molecule has 0 amide bonds. The summed E-state index contributed by atoms with van der Waals surface area (Å²) >= 11 is 5.76. The highest BCUT2D eigenvalue weighted by Gasteiger charge is 2.28. The molecular weight excluding hydrogens is 289 g/mol. The standard InChI is InChI=1S/C12H17ClNO4P/c1-9(2)17-12(15)10(3)14-19(13,16)18-11-7-5-4-6-8-11/h4-10H,1-3H3,(H,14,16)/t10-,19?/m0/s1. The second kappa shape index (κ2) is 6.94. The lowest BCUT2D eigenvalue weighted by Gasteiger charge is -2.19. The van der Waals surface area contributed by atoms with Crippen LogP contribution >= 0.6 is 18.1 Å². The molecule has 0 aliphatic heterocycles. The quantitative estimate of drug-likeness (QED) is 0.645. The molecule has 0 heterocycles. The second-order valence-electron chi connectivity index (χ2n) is 4.22. The van der Waals surface area contributed by atoms with Gasteiger partial charge in [-0.2, -0.15) is 0 Å². The topological polar surface area (TPSA) is 64.6 Å². The molecule has 2 atom stereocenters. The SMILES string of the molecule is CC(C)OC(=O)[C@H](C)NP(=O)(Cl)Oc1ccccc1. The molecule has 5 nitrogen and oxygen atoms in total. The lowest BCUT2D eigenvalue weighted by Crippen LogP contribution is -2.34. The molecule has 0 aliphatic rings. The highest BCUT2D eigenvalue weighted by molar-refractivity contribution is 7.84. The van der Waals surface area contributed by atoms with Gasteiger partial charge in [0.15, 0.2) is 0 Å². The second-order valence-corrected chi connectivity index (χ2v) is 6.96. The first-order valence-corrected chi connectivity index (χ1v) is 8.36. The predicted octanol–water partition coefficient (Wildman–Crippen LogP) is 3.34. The number of hydrogen-bond donors (Lipinski definition) is 1. The van der Waals surface area contributed by atoms with Crippen LogP contribution in [-0.4, -0.2) is 18.1 Å². The molecule has 0 fully saturated rings. The maximum Gasteiger partial charge on any atom is 0.409 e. The molecule has 7 heteroatoms. The van der Waals surface area contributed by atoms with E-state index in [0.717, 1.165) is 0 Å². The average Bonchev–Trinajstić information content (AvgIpc) is 2.27. The first kappa shape index (κ1) is 16.0. The Hall–Kier alpha value is -1.03. The Bertz CT molecular complexity index is 466. The molecule has 0 radical (unpaired) electrons. The first-order chi connectivity index (χ1) is 8.80. The minimum atomic E-state index is -3.65. The van der Waals surface area contributed by atoms with E-state index < -0.39 is 18.9 Å². The number of para-hydroxylation sites is 1. The van der Waals surface area contributed by atoms with Gasteiger partial charge in [0.25, 0.3) is 0 Å². The van der Waals surface area contributed by atoms with Crippen LogP contribution < -0.4 is 9.61 Å². The number of nitrogens with one attached hydrogen (secondary N) is 1. The van der Waals surface area contributed by atoms with E-state index in [1.165, 1.54) is 6.92 Å². The van der Waals surface area contributed by atoms with Crippen molar-refractivity contribution < 1.29 is 18.6 Å². The fourth-order valence-corrected chi connectivity index (χ4v) is 2.95. The van der Waals surface area contributed by atoms with Gasteiger partial charge < -0.3 is 9.26 Å². The Labute approximate surface area is 117 Å². The molecule has 106 valence electrons. The van der Waals surface area contributed by atoms with Crippen molar-refractivity contribution in [3.8, 4) is 5.75 Å². The Morgan fingerprint density at radius 3 is 2.37 bits per heavy atom. The zero-order valence-corrected chi connectivity index (χ0v) is 12.6. The summed E-state index contributed by atoms with van der Waals surface area (Å²) in [6.45, 7) is 1.32. The predicted molar refractivity (Wildman–Crippen MR) is 74.4 cm³/mol. The number of benzene rings is 1. The van der Waals surface area contributed by atoms with Crippen LogP contribution in [0.25, 0.3) is 0 Å². The van der Waals surface area contributed by atoms with E-state index in [-0.39, 0.29) is 6.10 Å². The van der Waals surface area contributed by atoms with Gasteiger partial charge in [0.2, 0.25) is 0 Å². The van der Waals surface area contributed by atoms with Crippen molar-refractivity contribution in [2.45, 2.75) is 32.9 Å². The number of esters is 1. The molecule has 0 saturated heterocycles. The molecule has 0 saturated carbocycles. The fourth-order valence-electron chi connectivity index (χ4n) is 1.26. The average molecular weight is 306 g/mol. The number of rotatable bonds is 6. The van der Waals surface area contributed by atoms with E-state index in [2.05, 4.69) is 5.09 Å². The molecule has 0 aliphatic carbocycles. The molecule has 0 aromatic heterocycles. The summed E-state index contributed by atoms with van der Waals surface area (Å²) in [5.41, 5.74) is 0. The summed E-state index contributed by atoms with van der Waals surface area (Å²) < 4.78 is 22.1. The van der Waals surface area contributed by atoms with Crippen LogP contribution in [0.5, 0.6) is 5.75 Å². The van der Waals surface area contributed by atoms with Crippen molar-refractivity contribution in [3.63, 3.8) is 0 Å². The monoisotopic (exact) mass is 305 g/mol. The maximum atomic E-state index is 12.0. The van der Waals surface area contributed by atoms with Crippen molar-refractivity contribution in [1.29, 1.82) is 0 Å². The van der Waals surface area contributed by atoms with E-state index in [4.69, 9.17) is 20.5 Å². The molecule has 1 aromatic carbocycles. The third-order valence-corrected chi connectivity index (χ3v) is 3.66. The van der Waals surface area contributed by atoms with E-state index >= 15 is 0 Å². The lowest BCUT2D eigenvalue weighted by atomic mass is 10.3. The zero-order valence-electron chi connectivity index (χ0n) is 11.0. The van der Waals surface area contributed by atoms with Gasteiger partial charge in [0.05, 0.1) is 6.10 Å².